The van der Waals surface area contributed by atoms with Crippen molar-refractivity contribution >= 4 is 0 Å². The van der Waals surface area contributed by atoms with Crippen LogP contribution in [0.5, 0.6) is 5.75 Å². The molecule has 0 aliphatic heterocycles. The van der Waals surface area contributed by atoms with Crippen LogP contribution in [-0.2, 0) is 0 Å². The Morgan fingerprint density at radius 1 is 1.00 bits per heavy atom. The van der Waals surface area contributed by atoms with Gasteiger partial charge in [0.15, 0.2) is 0 Å². The largest absolute Gasteiger partial charge is 0.490 e. The van der Waals surface area contributed by atoms with Crippen LogP contribution in [-0.4, -0.2) is 6.10 Å². The lowest BCUT2D eigenvalue weighted by molar-refractivity contribution is 0.243. The maximum atomic E-state index is 5.77. The fourth-order valence-electron chi connectivity index (χ4n) is 1.60. The van der Waals surface area contributed by atoms with E-state index in [1.165, 1.54) is 0 Å². The predicted molar refractivity (Wildman–Crippen MR) is 66.5 cm³/mol. The number of ether oxygens (including phenoxy) is 1. The van der Waals surface area contributed by atoms with E-state index in [1.54, 1.807) is 0 Å². The van der Waals surface area contributed by atoms with E-state index in [4.69, 9.17) is 4.74 Å². The van der Waals surface area contributed by atoms with E-state index in [0.717, 1.165) is 16.9 Å². The third-order valence-corrected chi connectivity index (χ3v) is 2.24. The zero-order chi connectivity index (χ0) is 11.4. The van der Waals surface area contributed by atoms with Crippen LogP contribution in [0.4, 0.5) is 0 Å². The van der Waals surface area contributed by atoms with Crippen molar-refractivity contribution < 1.29 is 4.74 Å². The van der Waals surface area contributed by atoms with Crippen LogP contribution in [0, 0.1) is 6.07 Å². The molecule has 0 amide bonds. The van der Waals surface area contributed by atoms with Gasteiger partial charge in [-0.3, -0.25) is 0 Å². The first-order valence-corrected chi connectivity index (χ1v) is 5.50. The summed E-state index contributed by atoms with van der Waals surface area (Å²) in [5, 5.41) is 0. The van der Waals surface area contributed by atoms with Gasteiger partial charge in [-0.1, -0.05) is 42.5 Å². The van der Waals surface area contributed by atoms with E-state index in [-0.39, 0.29) is 6.10 Å². The van der Waals surface area contributed by atoms with Crippen molar-refractivity contribution in [3.63, 3.8) is 0 Å². The summed E-state index contributed by atoms with van der Waals surface area (Å²) in [6.07, 6.45) is 0.179. The van der Waals surface area contributed by atoms with Crippen LogP contribution in [0.1, 0.15) is 13.8 Å². The van der Waals surface area contributed by atoms with Crippen molar-refractivity contribution in [2.24, 2.45) is 0 Å². The fourth-order valence-corrected chi connectivity index (χ4v) is 1.60. The third kappa shape index (κ3) is 2.43. The Balaban J connectivity index is 2.41. The second kappa shape index (κ2) is 4.84. The molecule has 0 bridgehead atoms. The average molecular weight is 211 g/mol. The predicted octanol–water partition coefficient (Wildman–Crippen LogP) is 3.94. The number of hydrogen-bond donors (Lipinski definition) is 0. The van der Waals surface area contributed by atoms with E-state index in [9.17, 15) is 0 Å². The molecule has 0 fully saturated rings. The highest BCUT2D eigenvalue weighted by Gasteiger charge is 2.06. The van der Waals surface area contributed by atoms with Gasteiger partial charge in [0, 0.05) is 5.56 Å². The van der Waals surface area contributed by atoms with Gasteiger partial charge < -0.3 is 4.74 Å². The minimum Gasteiger partial charge on any atom is -0.490 e. The molecule has 0 saturated carbocycles. The number of hydrogen-bond acceptors (Lipinski definition) is 1. The molecule has 0 saturated heterocycles. The summed E-state index contributed by atoms with van der Waals surface area (Å²) in [6.45, 7) is 4.06. The van der Waals surface area contributed by atoms with E-state index in [0.29, 0.717) is 0 Å². The molecule has 2 aromatic rings. The molecule has 2 rings (SSSR count). The molecule has 0 atom stereocenters. The molecule has 1 heteroatoms. The maximum Gasteiger partial charge on any atom is 0.128 e. The second-order valence-corrected chi connectivity index (χ2v) is 3.94. The highest BCUT2D eigenvalue weighted by atomic mass is 16.5. The Morgan fingerprint density at radius 2 is 1.75 bits per heavy atom. The van der Waals surface area contributed by atoms with Crippen molar-refractivity contribution in [2.75, 3.05) is 0 Å². The standard InChI is InChI=1S/C15H15O/c1-12(2)16-15-11-7-6-10-14(15)13-8-4-3-5-9-13/h3-9,11-12H,1-2H3. The molecule has 0 aliphatic rings. The van der Waals surface area contributed by atoms with E-state index < -0.39 is 0 Å². The monoisotopic (exact) mass is 211 g/mol. The molecule has 0 spiro atoms. The summed E-state index contributed by atoms with van der Waals surface area (Å²) < 4.78 is 5.77. The molecule has 1 nitrogen and oxygen atoms in total. The van der Waals surface area contributed by atoms with E-state index >= 15 is 0 Å². The average Bonchev–Trinajstić information content (AvgIpc) is 2.30. The molecule has 1 radical (unpaired) electrons. The van der Waals surface area contributed by atoms with Gasteiger partial charge in [0.25, 0.3) is 0 Å². The van der Waals surface area contributed by atoms with Gasteiger partial charge in [-0.05, 0) is 31.5 Å². The molecule has 0 N–H and O–H groups in total. The first kappa shape index (κ1) is 10.7. The Hall–Kier alpha value is -1.76. The molecular formula is C15H15O. The summed E-state index contributed by atoms with van der Waals surface area (Å²) in [5.41, 5.74) is 2.16. The van der Waals surface area contributed by atoms with E-state index in [2.05, 4.69) is 18.2 Å². The molecule has 0 aromatic heterocycles. The lowest BCUT2D eigenvalue weighted by Gasteiger charge is -2.13. The van der Waals surface area contributed by atoms with Crippen LogP contribution in [0.25, 0.3) is 11.1 Å². The van der Waals surface area contributed by atoms with E-state index in [1.807, 2.05) is 50.2 Å². The van der Waals surface area contributed by atoms with Gasteiger partial charge in [0.1, 0.15) is 5.75 Å². The normalized spacial score (nSPS) is 10.4. The Kier molecular flexibility index (Phi) is 3.25. The zero-order valence-electron chi connectivity index (χ0n) is 9.60. The first-order valence-electron chi connectivity index (χ1n) is 5.50. The van der Waals surface area contributed by atoms with Crippen molar-refractivity contribution in [1.29, 1.82) is 0 Å². The Bertz CT molecular complexity index is 446. The molecule has 0 aliphatic carbocycles. The molecule has 2 aromatic carbocycles. The van der Waals surface area contributed by atoms with Gasteiger partial charge in [-0.15, -0.1) is 0 Å². The topological polar surface area (TPSA) is 9.23 Å². The molecule has 0 heterocycles. The van der Waals surface area contributed by atoms with Gasteiger partial charge in [-0.25, -0.2) is 0 Å². The summed E-state index contributed by atoms with van der Waals surface area (Å²) in [5.74, 6) is 0.892. The minimum absolute atomic E-state index is 0.179. The molecule has 16 heavy (non-hydrogen) atoms. The lowest BCUT2D eigenvalue weighted by Crippen LogP contribution is -2.06. The minimum atomic E-state index is 0.179. The SMILES string of the molecule is CC(C)Oc1ccc[c]c1-c1ccccc1. The van der Waals surface area contributed by atoms with Crippen LogP contribution >= 0.6 is 0 Å². The van der Waals surface area contributed by atoms with Crippen LogP contribution in [0.3, 0.4) is 0 Å². The highest BCUT2D eigenvalue weighted by molar-refractivity contribution is 5.69. The maximum absolute atomic E-state index is 5.77. The van der Waals surface area contributed by atoms with Gasteiger partial charge in [0.05, 0.1) is 6.10 Å². The third-order valence-electron chi connectivity index (χ3n) is 2.24. The second-order valence-electron chi connectivity index (χ2n) is 3.94. The molecular weight excluding hydrogens is 196 g/mol. The summed E-state index contributed by atoms with van der Waals surface area (Å²) in [6, 6.07) is 19.3. The highest BCUT2D eigenvalue weighted by Crippen LogP contribution is 2.29. The summed E-state index contributed by atoms with van der Waals surface area (Å²) >= 11 is 0. The first-order chi connectivity index (χ1) is 7.77. The fraction of sp³-hybridized carbons (Fsp3) is 0.200. The number of benzene rings is 2. The van der Waals surface area contributed by atoms with Gasteiger partial charge in [0.2, 0.25) is 0 Å². The number of rotatable bonds is 3. The molecule has 0 unspecified atom stereocenters. The van der Waals surface area contributed by atoms with Crippen LogP contribution in [0.2, 0.25) is 0 Å². The van der Waals surface area contributed by atoms with Gasteiger partial charge >= 0.3 is 0 Å². The summed E-state index contributed by atoms with van der Waals surface area (Å²) in [4.78, 5) is 0. The van der Waals surface area contributed by atoms with Gasteiger partial charge in [-0.2, -0.15) is 0 Å². The molecule has 81 valence electrons. The lowest BCUT2D eigenvalue weighted by atomic mass is 10.0. The Morgan fingerprint density at radius 3 is 2.44 bits per heavy atom. The van der Waals surface area contributed by atoms with Crippen molar-refractivity contribution in [1.82, 2.24) is 0 Å². The summed E-state index contributed by atoms with van der Waals surface area (Å²) in [7, 11) is 0. The van der Waals surface area contributed by atoms with Crippen LogP contribution < -0.4 is 4.74 Å². The van der Waals surface area contributed by atoms with Crippen molar-refractivity contribution in [3.8, 4) is 16.9 Å². The zero-order valence-corrected chi connectivity index (χ0v) is 9.60. The Labute approximate surface area is 96.7 Å². The van der Waals surface area contributed by atoms with Crippen molar-refractivity contribution in [2.45, 2.75) is 20.0 Å². The smallest absolute Gasteiger partial charge is 0.128 e. The van der Waals surface area contributed by atoms with Crippen molar-refractivity contribution in [3.05, 3.63) is 54.6 Å². The quantitative estimate of drug-likeness (QED) is 0.747. The van der Waals surface area contributed by atoms with Crippen LogP contribution in [0.15, 0.2) is 48.5 Å².